The maximum atomic E-state index is 11.6. The molecule has 0 saturated heterocycles. The first-order valence-corrected chi connectivity index (χ1v) is 8.60. The number of unbranched alkanes of at least 4 members (excludes halogenated alkanes) is 3. The average Bonchev–Trinajstić information content (AvgIpc) is 2.44. The van der Waals surface area contributed by atoms with Gasteiger partial charge < -0.3 is 4.74 Å². The van der Waals surface area contributed by atoms with Crippen LogP contribution in [0.3, 0.4) is 0 Å². The topological polar surface area (TPSA) is 26.3 Å². The van der Waals surface area contributed by atoms with Crippen LogP contribution in [-0.4, -0.2) is 12.6 Å². The molecular weight excluding hydrogens is 272 g/mol. The average molecular weight is 306 g/mol. The third kappa shape index (κ3) is 13.7. The first-order chi connectivity index (χ1) is 10.5. The Hall–Kier alpha value is -1.31. The lowest BCUT2D eigenvalue weighted by molar-refractivity contribution is -0.137. The van der Waals surface area contributed by atoms with Crippen molar-refractivity contribution in [3.05, 3.63) is 35.5 Å². The fourth-order valence-electron chi connectivity index (χ4n) is 2.00. The molecule has 22 heavy (non-hydrogen) atoms. The first kappa shape index (κ1) is 20.7. The Bertz CT molecular complexity index is 385. The predicted octanol–water partition coefficient (Wildman–Crippen LogP) is 5.99. The highest BCUT2D eigenvalue weighted by atomic mass is 16.5. The van der Waals surface area contributed by atoms with Gasteiger partial charge >= 0.3 is 5.97 Å². The van der Waals surface area contributed by atoms with Crippen molar-refractivity contribution >= 4 is 5.97 Å². The molecule has 126 valence electrons. The summed E-state index contributed by atoms with van der Waals surface area (Å²) in [6, 6.07) is 0. The lowest BCUT2D eigenvalue weighted by atomic mass is 10.0. The molecule has 0 amide bonds. The molecule has 2 heteroatoms. The van der Waals surface area contributed by atoms with Crippen molar-refractivity contribution in [1.29, 1.82) is 0 Å². The van der Waals surface area contributed by atoms with Crippen molar-refractivity contribution in [3.8, 4) is 0 Å². The van der Waals surface area contributed by atoms with Crippen LogP contribution in [0.2, 0.25) is 0 Å². The third-order valence-corrected chi connectivity index (χ3v) is 3.44. The van der Waals surface area contributed by atoms with Crippen LogP contribution in [0, 0.1) is 5.92 Å². The SMILES string of the molecule is CCCCCCOC(=O)/C=C(C)/C=C/CC(C)CC=C(C)C. The number of hydrogen-bond acceptors (Lipinski definition) is 2. The second kappa shape index (κ2) is 13.4. The van der Waals surface area contributed by atoms with Crippen molar-refractivity contribution in [2.45, 2.75) is 73.1 Å². The summed E-state index contributed by atoms with van der Waals surface area (Å²) < 4.78 is 5.19. The van der Waals surface area contributed by atoms with Crippen LogP contribution in [0.5, 0.6) is 0 Å². The fraction of sp³-hybridized carbons (Fsp3) is 0.650. The van der Waals surface area contributed by atoms with Crippen molar-refractivity contribution in [3.63, 3.8) is 0 Å². The summed E-state index contributed by atoms with van der Waals surface area (Å²) in [5.41, 5.74) is 2.32. The van der Waals surface area contributed by atoms with Crippen molar-refractivity contribution < 1.29 is 9.53 Å². The number of carbonyl (C=O) groups is 1. The molecule has 0 aliphatic rings. The summed E-state index contributed by atoms with van der Waals surface area (Å²) in [7, 11) is 0. The first-order valence-electron chi connectivity index (χ1n) is 8.60. The zero-order valence-electron chi connectivity index (χ0n) is 15.2. The molecule has 0 fully saturated rings. The second-order valence-corrected chi connectivity index (χ2v) is 6.38. The van der Waals surface area contributed by atoms with E-state index in [1.54, 1.807) is 6.08 Å². The van der Waals surface area contributed by atoms with Gasteiger partial charge in [0.1, 0.15) is 0 Å². The Balaban J connectivity index is 3.97. The number of esters is 1. The van der Waals surface area contributed by atoms with Gasteiger partial charge in [-0.2, -0.15) is 0 Å². The smallest absolute Gasteiger partial charge is 0.331 e. The molecule has 2 nitrogen and oxygen atoms in total. The largest absolute Gasteiger partial charge is 0.463 e. The Morgan fingerprint density at radius 2 is 1.82 bits per heavy atom. The van der Waals surface area contributed by atoms with E-state index in [0.717, 1.165) is 31.3 Å². The number of allylic oxidation sites excluding steroid dienone is 5. The molecule has 0 aliphatic heterocycles. The molecule has 0 radical (unpaired) electrons. The molecule has 0 aromatic rings. The van der Waals surface area contributed by atoms with E-state index in [2.05, 4.69) is 39.8 Å². The van der Waals surface area contributed by atoms with Gasteiger partial charge in [0.2, 0.25) is 0 Å². The van der Waals surface area contributed by atoms with Crippen LogP contribution in [-0.2, 0) is 9.53 Å². The molecule has 0 saturated carbocycles. The minimum Gasteiger partial charge on any atom is -0.463 e. The molecule has 1 unspecified atom stereocenters. The number of ether oxygens (including phenoxy) is 1. The molecule has 0 aromatic heterocycles. The van der Waals surface area contributed by atoms with Crippen LogP contribution in [0.15, 0.2) is 35.5 Å². The molecule has 0 spiro atoms. The molecule has 0 N–H and O–H groups in total. The lowest BCUT2D eigenvalue weighted by Gasteiger charge is -2.05. The fourth-order valence-corrected chi connectivity index (χ4v) is 2.00. The van der Waals surface area contributed by atoms with Crippen LogP contribution >= 0.6 is 0 Å². The summed E-state index contributed by atoms with van der Waals surface area (Å²) in [6.07, 6.45) is 14.6. The van der Waals surface area contributed by atoms with Gasteiger partial charge in [-0.25, -0.2) is 4.79 Å². The van der Waals surface area contributed by atoms with Crippen LogP contribution in [0.4, 0.5) is 0 Å². The molecule has 0 aliphatic carbocycles. The van der Waals surface area contributed by atoms with E-state index in [1.807, 2.05) is 13.0 Å². The number of hydrogen-bond donors (Lipinski definition) is 0. The van der Waals surface area contributed by atoms with Crippen molar-refractivity contribution in [2.24, 2.45) is 5.92 Å². The van der Waals surface area contributed by atoms with Gasteiger partial charge in [0.05, 0.1) is 6.61 Å². The predicted molar refractivity (Wildman–Crippen MR) is 95.8 cm³/mol. The minimum absolute atomic E-state index is 0.226. The van der Waals surface area contributed by atoms with E-state index in [1.165, 1.54) is 18.4 Å². The van der Waals surface area contributed by atoms with E-state index in [9.17, 15) is 4.79 Å². The highest BCUT2D eigenvalue weighted by molar-refractivity contribution is 5.83. The summed E-state index contributed by atoms with van der Waals surface area (Å²) in [6.45, 7) is 11.1. The van der Waals surface area contributed by atoms with Crippen LogP contribution in [0.1, 0.15) is 73.1 Å². The van der Waals surface area contributed by atoms with E-state index >= 15 is 0 Å². The van der Waals surface area contributed by atoms with E-state index < -0.39 is 0 Å². The summed E-state index contributed by atoms with van der Waals surface area (Å²) in [5, 5.41) is 0. The number of carbonyl (C=O) groups excluding carboxylic acids is 1. The second-order valence-electron chi connectivity index (χ2n) is 6.38. The van der Waals surface area contributed by atoms with Gasteiger partial charge in [-0.15, -0.1) is 0 Å². The lowest BCUT2D eigenvalue weighted by Crippen LogP contribution is -2.02. The quantitative estimate of drug-likeness (QED) is 0.154. The molecule has 0 bridgehead atoms. The summed E-state index contributed by atoms with van der Waals surface area (Å²) in [5.74, 6) is 0.403. The molecular formula is C20H34O2. The normalized spacial score (nSPS) is 13.2. The van der Waals surface area contributed by atoms with Gasteiger partial charge in [0, 0.05) is 6.08 Å². The zero-order valence-corrected chi connectivity index (χ0v) is 15.2. The Kier molecular flexibility index (Phi) is 12.6. The van der Waals surface area contributed by atoms with Crippen LogP contribution in [0.25, 0.3) is 0 Å². The zero-order chi connectivity index (χ0) is 16.8. The standard InChI is InChI=1S/C20H34O2/c1-6-7-8-9-15-22-20(21)16-19(5)12-10-11-18(4)14-13-17(2)3/h10,12-13,16,18H,6-9,11,14-15H2,1-5H3/b12-10+,19-16+. The summed E-state index contributed by atoms with van der Waals surface area (Å²) >= 11 is 0. The van der Waals surface area contributed by atoms with Gasteiger partial charge in [-0.3, -0.25) is 0 Å². The van der Waals surface area contributed by atoms with Gasteiger partial charge in [-0.05, 0) is 51.5 Å². The maximum Gasteiger partial charge on any atom is 0.331 e. The summed E-state index contributed by atoms with van der Waals surface area (Å²) in [4.78, 5) is 11.6. The third-order valence-electron chi connectivity index (χ3n) is 3.44. The highest BCUT2D eigenvalue weighted by Gasteiger charge is 1.99. The van der Waals surface area contributed by atoms with Crippen LogP contribution < -0.4 is 0 Å². The monoisotopic (exact) mass is 306 g/mol. The Morgan fingerprint density at radius 1 is 1.09 bits per heavy atom. The van der Waals surface area contributed by atoms with Crippen molar-refractivity contribution in [1.82, 2.24) is 0 Å². The van der Waals surface area contributed by atoms with E-state index in [4.69, 9.17) is 4.74 Å². The van der Waals surface area contributed by atoms with Gasteiger partial charge in [-0.1, -0.05) is 56.9 Å². The molecule has 0 rings (SSSR count). The number of rotatable bonds is 11. The van der Waals surface area contributed by atoms with E-state index in [-0.39, 0.29) is 5.97 Å². The molecule has 0 aromatic carbocycles. The Labute approximate surface area is 137 Å². The minimum atomic E-state index is -0.226. The molecule has 0 heterocycles. The Morgan fingerprint density at radius 3 is 2.45 bits per heavy atom. The molecule has 1 atom stereocenters. The van der Waals surface area contributed by atoms with E-state index in [0.29, 0.717) is 12.5 Å². The van der Waals surface area contributed by atoms with Gasteiger partial charge in [0.15, 0.2) is 0 Å². The van der Waals surface area contributed by atoms with Gasteiger partial charge in [0.25, 0.3) is 0 Å². The maximum absolute atomic E-state index is 11.6. The van der Waals surface area contributed by atoms with Crippen molar-refractivity contribution in [2.75, 3.05) is 6.61 Å². The highest BCUT2D eigenvalue weighted by Crippen LogP contribution is 2.11.